The Bertz CT molecular complexity index is 4400. The van der Waals surface area contributed by atoms with Gasteiger partial charge in [-0.1, -0.05) is 140 Å². The van der Waals surface area contributed by atoms with Crippen LogP contribution in [0, 0.1) is 0 Å². The van der Waals surface area contributed by atoms with Gasteiger partial charge in [-0.15, -0.1) is 0 Å². The first-order chi connectivity index (χ1) is 32.7. The number of benzene rings is 11. The highest BCUT2D eigenvalue weighted by molar-refractivity contribution is 6.22. The predicted octanol–water partition coefficient (Wildman–Crippen LogP) is 16.9. The summed E-state index contributed by atoms with van der Waals surface area (Å²) in [5.74, 6) is 0. The van der Waals surface area contributed by atoms with Crippen LogP contribution in [0.4, 0.5) is 0 Å². The van der Waals surface area contributed by atoms with Gasteiger partial charge >= 0.3 is 0 Å². The zero-order valence-corrected chi connectivity index (χ0v) is 35.7. The van der Waals surface area contributed by atoms with E-state index in [1.54, 1.807) is 0 Å². The summed E-state index contributed by atoms with van der Waals surface area (Å²) in [6, 6.07) is 82.7. The van der Waals surface area contributed by atoms with Crippen LogP contribution >= 0.6 is 0 Å². The van der Waals surface area contributed by atoms with E-state index in [0.717, 1.165) is 22.5 Å². The Hall–Kier alpha value is -8.79. The normalized spacial score (nSPS) is 12.2. The molecule has 0 radical (unpaired) electrons. The number of hydrogen-bond acceptors (Lipinski definition) is 1. The molecule has 0 atom stereocenters. The number of aromatic nitrogens is 3. The van der Waals surface area contributed by atoms with E-state index in [1.165, 1.54) is 120 Å². The van der Waals surface area contributed by atoms with Crippen LogP contribution in [-0.2, 0) is 0 Å². The Balaban J connectivity index is 0.817. The van der Waals surface area contributed by atoms with Crippen molar-refractivity contribution in [2.24, 2.45) is 0 Å². The van der Waals surface area contributed by atoms with Gasteiger partial charge in [0.1, 0.15) is 0 Å². The van der Waals surface area contributed by atoms with Crippen LogP contribution in [0.25, 0.3) is 143 Å². The summed E-state index contributed by atoms with van der Waals surface area (Å²) < 4.78 is 4.83. The van der Waals surface area contributed by atoms with Crippen molar-refractivity contribution in [2.75, 3.05) is 0 Å². The van der Waals surface area contributed by atoms with Crippen molar-refractivity contribution in [3.8, 4) is 56.0 Å². The fraction of sp³-hybridized carbons (Fsp3) is 0. The molecule has 66 heavy (non-hydrogen) atoms. The average molecular weight is 836 g/mol. The largest absolute Gasteiger partial charge is 0.309 e. The molecule has 3 aromatic heterocycles. The molecule has 14 aromatic rings. The van der Waals surface area contributed by atoms with Crippen LogP contribution in [0.15, 0.2) is 224 Å². The van der Waals surface area contributed by atoms with Gasteiger partial charge in [0.15, 0.2) is 0 Å². The van der Waals surface area contributed by atoms with E-state index >= 15 is 0 Å². The van der Waals surface area contributed by atoms with Crippen molar-refractivity contribution < 1.29 is 0 Å². The molecule has 0 N–H and O–H groups in total. The molecule has 0 unspecified atom stereocenters. The van der Waals surface area contributed by atoms with Crippen LogP contribution in [-0.4, -0.2) is 14.1 Å². The average Bonchev–Trinajstić information content (AvgIpc) is 4.01. The van der Waals surface area contributed by atoms with Gasteiger partial charge in [-0.3, -0.25) is 0 Å². The molecule has 0 spiro atoms. The quantitative estimate of drug-likeness (QED) is 0.173. The van der Waals surface area contributed by atoms with Gasteiger partial charge in [-0.25, -0.2) is 4.98 Å². The summed E-state index contributed by atoms with van der Waals surface area (Å²) in [5, 5.41) is 13.7. The van der Waals surface area contributed by atoms with Crippen LogP contribution < -0.4 is 0 Å². The topological polar surface area (TPSA) is 22.8 Å². The second kappa shape index (κ2) is 13.4. The minimum atomic E-state index is 1.00. The minimum Gasteiger partial charge on any atom is -0.309 e. The summed E-state index contributed by atoms with van der Waals surface area (Å²) >= 11 is 0. The second-order valence-corrected chi connectivity index (χ2v) is 17.9. The molecule has 0 fully saturated rings. The Kier molecular flexibility index (Phi) is 7.22. The summed E-state index contributed by atoms with van der Waals surface area (Å²) in [7, 11) is 0. The maximum absolute atomic E-state index is 5.21. The SMILES string of the molecule is c1ccc(-n2c3ccccc3c3c4ccc(-c5ccc6cc7c(cc6c5)c5ccccc5n7-c5ccc6cc(-c7cc8c9c(cccc9n7)-c7ccccc7-8)ccc6c5)cc4ccc32)cc1. The molecular weight excluding hydrogens is 799 g/mol. The van der Waals surface area contributed by atoms with Gasteiger partial charge in [-0.2, -0.15) is 0 Å². The van der Waals surface area contributed by atoms with Crippen molar-refractivity contribution in [3.63, 3.8) is 0 Å². The van der Waals surface area contributed by atoms with Crippen LogP contribution in [0.2, 0.25) is 0 Å². The highest BCUT2D eigenvalue weighted by atomic mass is 15.0. The number of pyridine rings is 1. The van der Waals surface area contributed by atoms with E-state index in [-0.39, 0.29) is 0 Å². The molecule has 0 aliphatic heterocycles. The first-order valence-corrected chi connectivity index (χ1v) is 22.8. The summed E-state index contributed by atoms with van der Waals surface area (Å²) in [4.78, 5) is 5.21. The minimum absolute atomic E-state index is 1.00. The van der Waals surface area contributed by atoms with Crippen LogP contribution in [0.1, 0.15) is 0 Å². The molecule has 0 amide bonds. The van der Waals surface area contributed by atoms with E-state index in [2.05, 4.69) is 234 Å². The fourth-order valence-electron chi connectivity index (χ4n) is 11.4. The number of rotatable bonds is 4. The third-order valence-electron chi connectivity index (χ3n) is 14.4. The van der Waals surface area contributed by atoms with Crippen molar-refractivity contribution in [1.29, 1.82) is 0 Å². The Morgan fingerprint density at radius 2 is 0.894 bits per heavy atom. The molecule has 1 aliphatic carbocycles. The van der Waals surface area contributed by atoms with Gasteiger partial charge in [-0.05, 0) is 151 Å². The predicted molar refractivity (Wildman–Crippen MR) is 278 cm³/mol. The zero-order chi connectivity index (χ0) is 43.0. The lowest BCUT2D eigenvalue weighted by Gasteiger charge is -2.12. The fourth-order valence-corrected chi connectivity index (χ4v) is 11.4. The number of hydrogen-bond donors (Lipinski definition) is 0. The standard InChI is InChI=1S/C63H37N3/c1-2-11-46(12-3-1)65-59-20-9-7-16-53(59)63-48-29-26-40(31-43(48)27-30-60(63)65)38-21-22-42-36-61-54(35-45(42)33-38)51-15-6-8-19-58(51)66(61)47-28-25-39-32-44(24-23-41(39)34-47)57-37-55-50-14-5-4-13-49(50)52-17-10-18-56(64-57)62(52)55/h1-37H. The Morgan fingerprint density at radius 1 is 0.273 bits per heavy atom. The van der Waals surface area contributed by atoms with Crippen molar-refractivity contribution in [3.05, 3.63) is 224 Å². The summed E-state index contributed by atoms with van der Waals surface area (Å²) in [5.41, 5.74) is 17.9. The van der Waals surface area contributed by atoms with E-state index < -0.39 is 0 Å². The maximum atomic E-state index is 5.21. The van der Waals surface area contributed by atoms with E-state index in [0.29, 0.717) is 0 Å². The van der Waals surface area contributed by atoms with Crippen LogP contribution in [0.5, 0.6) is 0 Å². The highest BCUT2D eigenvalue weighted by Crippen LogP contribution is 2.48. The number of nitrogens with zero attached hydrogens (tertiary/aromatic N) is 3. The molecule has 0 bridgehead atoms. The summed E-state index contributed by atoms with van der Waals surface area (Å²) in [6.45, 7) is 0. The molecule has 3 heterocycles. The van der Waals surface area contributed by atoms with Gasteiger partial charge in [0.25, 0.3) is 0 Å². The first kappa shape index (κ1) is 35.6. The molecule has 15 rings (SSSR count). The van der Waals surface area contributed by atoms with E-state index in [1.807, 2.05) is 0 Å². The zero-order valence-electron chi connectivity index (χ0n) is 35.7. The first-order valence-electron chi connectivity index (χ1n) is 22.8. The van der Waals surface area contributed by atoms with Crippen molar-refractivity contribution >= 4 is 86.8 Å². The molecule has 0 saturated heterocycles. The van der Waals surface area contributed by atoms with Crippen LogP contribution in [0.3, 0.4) is 0 Å². The maximum Gasteiger partial charge on any atom is 0.0722 e. The molecule has 11 aromatic carbocycles. The molecule has 304 valence electrons. The monoisotopic (exact) mass is 835 g/mol. The van der Waals surface area contributed by atoms with Crippen molar-refractivity contribution in [2.45, 2.75) is 0 Å². The molecule has 0 saturated carbocycles. The highest BCUT2D eigenvalue weighted by Gasteiger charge is 2.23. The molecule has 3 nitrogen and oxygen atoms in total. The van der Waals surface area contributed by atoms with E-state index in [9.17, 15) is 0 Å². The van der Waals surface area contributed by atoms with Gasteiger partial charge in [0.05, 0.1) is 33.3 Å². The Morgan fingerprint density at radius 3 is 1.76 bits per heavy atom. The molecule has 1 aliphatic rings. The molecular formula is C63H37N3. The third-order valence-corrected chi connectivity index (χ3v) is 14.4. The Labute approximate surface area is 379 Å². The molecule has 3 heteroatoms. The number of para-hydroxylation sites is 3. The lowest BCUT2D eigenvalue weighted by Crippen LogP contribution is -1.94. The van der Waals surface area contributed by atoms with E-state index in [4.69, 9.17) is 4.98 Å². The van der Waals surface area contributed by atoms with Crippen molar-refractivity contribution in [1.82, 2.24) is 14.1 Å². The lowest BCUT2D eigenvalue weighted by atomic mass is 9.96. The smallest absolute Gasteiger partial charge is 0.0722 e. The van der Waals surface area contributed by atoms with Gasteiger partial charge in [0, 0.05) is 43.9 Å². The lowest BCUT2D eigenvalue weighted by molar-refractivity contribution is 1.18. The second-order valence-electron chi connectivity index (χ2n) is 17.9. The summed E-state index contributed by atoms with van der Waals surface area (Å²) in [6.07, 6.45) is 0. The number of fused-ring (bicyclic) bond motifs is 13. The third kappa shape index (κ3) is 5.05. The van der Waals surface area contributed by atoms with Gasteiger partial charge < -0.3 is 9.13 Å². The van der Waals surface area contributed by atoms with Gasteiger partial charge in [0.2, 0.25) is 0 Å².